The lowest BCUT2D eigenvalue weighted by atomic mass is 10.1. The minimum Gasteiger partial charge on any atom is -0.337 e. The fourth-order valence-corrected chi connectivity index (χ4v) is 1.71. The van der Waals surface area contributed by atoms with E-state index in [1.165, 1.54) is 0 Å². The van der Waals surface area contributed by atoms with Crippen molar-refractivity contribution in [2.24, 2.45) is 5.73 Å². The third-order valence-electron chi connectivity index (χ3n) is 2.49. The average molecular weight is 191 g/mol. The summed E-state index contributed by atoms with van der Waals surface area (Å²) in [6.45, 7) is 1.48. The van der Waals surface area contributed by atoms with Crippen LogP contribution in [0.15, 0.2) is 18.3 Å². The highest BCUT2D eigenvalue weighted by molar-refractivity contribution is 5.78. The van der Waals surface area contributed by atoms with Crippen LogP contribution in [0.3, 0.4) is 0 Å². The second-order valence-corrected chi connectivity index (χ2v) is 3.38. The highest BCUT2D eigenvalue weighted by atomic mass is 16.2. The summed E-state index contributed by atoms with van der Waals surface area (Å²) in [7, 11) is 0. The smallest absolute Gasteiger partial charge is 0.236 e. The molecule has 0 unspecified atom stereocenters. The Hall–Kier alpha value is -1.42. The molecule has 0 spiro atoms. The molecule has 1 aromatic heterocycles. The molecular formula is C10H13N3O. The lowest BCUT2D eigenvalue weighted by Crippen LogP contribution is -2.39. The maximum atomic E-state index is 11.4. The first kappa shape index (κ1) is 9.15. The fourth-order valence-electron chi connectivity index (χ4n) is 1.71. The lowest BCUT2D eigenvalue weighted by Gasteiger charge is -2.27. The first-order valence-electron chi connectivity index (χ1n) is 4.72. The first-order chi connectivity index (χ1) is 6.81. The summed E-state index contributed by atoms with van der Waals surface area (Å²) < 4.78 is 0. The van der Waals surface area contributed by atoms with Gasteiger partial charge in [-0.3, -0.25) is 9.78 Å². The van der Waals surface area contributed by atoms with Gasteiger partial charge in [0.15, 0.2) is 0 Å². The van der Waals surface area contributed by atoms with E-state index >= 15 is 0 Å². The summed E-state index contributed by atoms with van der Waals surface area (Å²) >= 11 is 0. The van der Waals surface area contributed by atoms with E-state index in [1.54, 1.807) is 11.1 Å². The van der Waals surface area contributed by atoms with Crippen LogP contribution in [-0.2, 0) is 17.8 Å². The number of rotatable bonds is 1. The number of fused-ring (bicyclic) bond motifs is 1. The molecule has 1 amide bonds. The second-order valence-electron chi connectivity index (χ2n) is 3.38. The highest BCUT2D eigenvalue weighted by Gasteiger charge is 2.19. The predicted molar refractivity (Wildman–Crippen MR) is 52.4 cm³/mol. The van der Waals surface area contributed by atoms with Gasteiger partial charge in [-0.1, -0.05) is 6.07 Å². The van der Waals surface area contributed by atoms with Crippen LogP contribution in [0.1, 0.15) is 11.3 Å². The van der Waals surface area contributed by atoms with E-state index in [0.29, 0.717) is 6.54 Å². The van der Waals surface area contributed by atoms with Gasteiger partial charge < -0.3 is 10.6 Å². The van der Waals surface area contributed by atoms with Crippen molar-refractivity contribution < 1.29 is 4.79 Å². The van der Waals surface area contributed by atoms with Crippen LogP contribution in [0.25, 0.3) is 0 Å². The van der Waals surface area contributed by atoms with E-state index in [2.05, 4.69) is 4.98 Å². The van der Waals surface area contributed by atoms with Crippen LogP contribution < -0.4 is 5.73 Å². The standard InChI is InChI=1S/C10H13N3O/c11-6-10(14)13-5-3-9-8(7-13)2-1-4-12-9/h1-2,4H,3,5-7,11H2. The van der Waals surface area contributed by atoms with Gasteiger partial charge in [-0.05, 0) is 11.6 Å². The number of aromatic nitrogens is 1. The zero-order valence-electron chi connectivity index (χ0n) is 7.94. The van der Waals surface area contributed by atoms with Crippen molar-refractivity contribution >= 4 is 5.91 Å². The van der Waals surface area contributed by atoms with Crippen molar-refractivity contribution in [1.29, 1.82) is 0 Å². The molecule has 2 heterocycles. The summed E-state index contributed by atoms with van der Waals surface area (Å²) in [4.78, 5) is 17.4. The molecule has 0 saturated heterocycles. The SMILES string of the molecule is NCC(=O)N1CCc2ncccc2C1. The van der Waals surface area contributed by atoms with Gasteiger partial charge in [-0.2, -0.15) is 0 Å². The summed E-state index contributed by atoms with van der Waals surface area (Å²) in [6, 6.07) is 3.91. The van der Waals surface area contributed by atoms with Gasteiger partial charge in [-0.15, -0.1) is 0 Å². The Morgan fingerprint density at radius 3 is 3.29 bits per heavy atom. The minimum absolute atomic E-state index is 0.0134. The number of amides is 1. The number of carbonyl (C=O) groups is 1. The van der Waals surface area contributed by atoms with Crippen molar-refractivity contribution in [3.63, 3.8) is 0 Å². The molecule has 74 valence electrons. The van der Waals surface area contributed by atoms with Gasteiger partial charge in [0.2, 0.25) is 5.91 Å². The Balaban J connectivity index is 2.17. The van der Waals surface area contributed by atoms with Gasteiger partial charge in [0.1, 0.15) is 0 Å². The van der Waals surface area contributed by atoms with Crippen LogP contribution in [0.5, 0.6) is 0 Å². The Bertz CT molecular complexity index is 351. The van der Waals surface area contributed by atoms with Gasteiger partial charge in [-0.25, -0.2) is 0 Å². The molecule has 2 N–H and O–H groups in total. The summed E-state index contributed by atoms with van der Waals surface area (Å²) in [5.41, 5.74) is 7.56. The van der Waals surface area contributed by atoms with E-state index in [0.717, 1.165) is 24.2 Å². The zero-order chi connectivity index (χ0) is 9.97. The number of hydrogen-bond acceptors (Lipinski definition) is 3. The zero-order valence-corrected chi connectivity index (χ0v) is 7.94. The van der Waals surface area contributed by atoms with Gasteiger partial charge >= 0.3 is 0 Å². The maximum absolute atomic E-state index is 11.4. The van der Waals surface area contributed by atoms with Crippen molar-refractivity contribution in [2.75, 3.05) is 13.1 Å². The number of hydrogen-bond donors (Lipinski definition) is 1. The van der Waals surface area contributed by atoms with Crippen LogP contribution in [0.2, 0.25) is 0 Å². The topological polar surface area (TPSA) is 59.2 Å². The van der Waals surface area contributed by atoms with Crippen LogP contribution in [0.4, 0.5) is 0 Å². The van der Waals surface area contributed by atoms with E-state index in [9.17, 15) is 4.79 Å². The van der Waals surface area contributed by atoms with Crippen molar-refractivity contribution in [1.82, 2.24) is 9.88 Å². The third kappa shape index (κ3) is 1.61. The molecule has 4 heteroatoms. The second kappa shape index (κ2) is 3.75. The quantitative estimate of drug-likeness (QED) is 0.675. The van der Waals surface area contributed by atoms with Gasteiger partial charge in [0.25, 0.3) is 0 Å². The predicted octanol–water partition coefficient (Wildman–Crippen LogP) is -0.0750. The molecule has 1 aliphatic heterocycles. The number of pyridine rings is 1. The maximum Gasteiger partial charge on any atom is 0.236 e. The van der Waals surface area contributed by atoms with Crippen LogP contribution >= 0.6 is 0 Å². The molecular weight excluding hydrogens is 178 g/mol. The molecule has 0 saturated carbocycles. The van der Waals surface area contributed by atoms with E-state index < -0.39 is 0 Å². The van der Waals surface area contributed by atoms with Crippen LogP contribution in [-0.4, -0.2) is 28.9 Å². The summed E-state index contributed by atoms with van der Waals surface area (Å²) in [5, 5.41) is 0. The first-order valence-corrected chi connectivity index (χ1v) is 4.72. The number of carbonyl (C=O) groups excluding carboxylic acids is 1. The molecule has 1 aliphatic rings. The van der Waals surface area contributed by atoms with Crippen molar-refractivity contribution in [3.8, 4) is 0 Å². The Kier molecular flexibility index (Phi) is 2.45. The van der Waals surface area contributed by atoms with Crippen molar-refractivity contribution in [2.45, 2.75) is 13.0 Å². The minimum atomic E-state index is 0.0134. The largest absolute Gasteiger partial charge is 0.337 e. The molecule has 0 aromatic carbocycles. The number of nitrogens with zero attached hydrogens (tertiary/aromatic N) is 2. The van der Waals surface area contributed by atoms with Crippen LogP contribution in [0, 0.1) is 0 Å². The van der Waals surface area contributed by atoms with E-state index in [4.69, 9.17) is 5.73 Å². The van der Waals surface area contributed by atoms with E-state index in [1.807, 2.05) is 12.1 Å². The summed E-state index contributed by atoms with van der Waals surface area (Å²) in [5.74, 6) is 0.0134. The van der Waals surface area contributed by atoms with Crippen molar-refractivity contribution in [3.05, 3.63) is 29.6 Å². The number of nitrogens with two attached hydrogens (primary N) is 1. The molecule has 0 radical (unpaired) electrons. The third-order valence-corrected chi connectivity index (χ3v) is 2.49. The highest BCUT2D eigenvalue weighted by Crippen LogP contribution is 2.15. The Labute approximate surface area is 82.7 Å². The molecule has 4 nitrogen and oxygen atoms in total. The Morgan fingerprint density at radius 2 is 2.50 bits per heavy atom. The average Bonchev–Trinajstić information content (AvgIpc) is 2.27. The fraction of sp³-hybridized carbons (Fsp3) is 0.400. The molecule has 0 atom stereocenters. The monoisotopic (exact) mass is 191 g/mol. The normalized spacial score (nSPS) is 15.1. The Morgan fingerprint density at radius 1 is 1.64 bits per heavy atom. The summed E-state index contributed by atoms with van der Waals surface area (Å²) in [6.07, 6.45) is 2.63. The van der Waals surface area contributed by atoms with Gasteiger partial charge in [0, 0.05) is 31.4 Å². The lowest BCUT2D eigenvalue weighted by molar-refractivity contribution is -0.130. The molecule has 0 fully saturated rings. The molecule has 0 aliphatic carbocycles. The molecule has 1 aromatic rings. The molecule has 0 bridgehead atoms. The van der Waals surface area contributed by atoms with E-state index in [-0.39, 0.29) is 12.5 Å². The van der Waals surface area contributed by atoms with Gasteiger partial charge in [0.05, 0.1) is 6.54 Å². The molecule has 2 rings (SSSR count). The molecule has 14 heavy (non-hydrogen) atoms.